The van der Waals surface area contributed by atoms with E-state index in [0.717, 1.165) is 26.1 Å². The molecule has 1 aliphatic rings. The van der Waals surface area contributed by atoms with E-state index in [1.165, 1.54) is 16.9 Å². The molecule has 2 aromatic rings. The van der Waals surface area contributed by atoms with Gasteiger partial charge in [-0.3, -0.25) is 4.90 Å². The number of rotatable bonds is 5. The Kier molecular flexibility index (Phi) is 5.74. The Morgan fingerprint density at radius 2 is 1.64 bits per heavy atom. The van der Waals surface area contributed by atoms with Crippen molar-refractivity contribution in [1.29, 1.82) is 0 Å². The van der Waals surface area contributed by atoms with Crippen LogP contribution in [0.15, 0.2) is 54.6 Å². The van der Waals surface area contributed by atoms with Crippen LogP contribution in [-0.2, 0) is 6.54 Å². The van der Waals surface area contributed by atoms with Crippen molar-refractivity contribution in [3.8, 4) is 0 Å². The lowest BCUT2D eigenvalue weighted by Crippen LogP contribution is -2.34. The number of nitrogens with zero attached hydrogens (tertiary/aromatic N) is 2. The molecule has 4 heteroatoms. The second-order valence-electron chi connectivity index (χ2n) is 7.07. The van der Waals surface area contributed by atoms with Crippen molar-refractivity contribution in [1.82, 2.24) is 4.90 Å². The van der Waals surface area contributed by atoms with Gasteiger partial charge in [0.1, 0.15) is 0 Å². The third-order valence-corrected chi connectivity index (χ3v) is 5.18. The summed E-state index contributed by atoms with van der Waals surface area (Å²) in [6.45, 7) is 2.54. The van der Waals surface area contributed by atoms with Crippen molar-refractivity contribution in [2.75, 3.05) is 31.6 Å². The van der Waals surface area contributed by atoms with E-state index in [9.17, 15) is 10.2 Å². The summed E-state index contributed by atoms with van der Waals surface area (Å²) in [6.07, 6.45) is 2.24. The SMILES string of the molecule is CN(c1ccccc1)c1ccc(CN2CCC[C@@](O)(CO)CC2)cc1. The van der Waals surface area contributed by atoms with Crippen molar-refractivity contribution in [3.63, 3.8) is 0 Å². The van der Waals surface area contributed by atoms with Crippen molar-refractivity contribution in [2.24, 2.45) is 0 Å². The molecule has 3 rings (SSSR count). The smallest absolute Gasteiger partial charge is 0.0890 e. The van der Waals surface area contributed by atoms with E-state index in [4.69, 9.17) is 0 Å². The molecule has 134 valence electrons. The summed E-state index contributed by atoms with van der Waals surface area (Å²) in [4.78, 5) is 4.54. The molecule has 0 aromatic heterocycles. The predicted octanol–water partition coefficient (Wildman–Crippen LogP) is 3.16. The average Bonchev–Trinajstić information content (AvgIpc) is 2.85. The highest BCUT2D eigenvalue weighted by molar-refractivity contribution is 5.62. The molecule has 0 radical (unpaired) electrons. The fourth-order valence-corrected chi connectivity index (χ4v) is 3.43. The van der Waals surface area contributed by atoms with Gasteiger partial charge in [-0.15, -0.1) is 0 Å². The van der Waals surface area contributed by atoms with E-state index in [1.54, 1.807) is 0 Å². The summed E-state index contributed by atoms with van der Waals surface area (Å²) in [6, 6.07) is 19.0. The normalized spacial score (nSPS) is 21.7. The van der Waals surface area contributed by atoms with Gasteiger partial charge in [0, 0.05) is 31.5 Å². The second-order valence-corrected chi connectivity index (χ2v) is 7.07. The number of likely N-dealkylation sites (tertiary alicyclic amines) is 1. The molecule has 1 aliphatic heterocycles. The topological polar surface area (TPSA) is 46.9 Å². The molecule has 25 heavy (non-hydrogen) atoms. The van der Waals surface area contributed by atoms with Crippen molar-refractivity contribution in [3.05, 3.63) is 60.2 Å². The highest BCUT2D eigenvalue weighted by Gasteiger charge is 2.29. The van der Waals surface area contributed by atoms with Gasteiger partial charge < -0.3 is 15.1 Å². The number of hydrogen-bond acceptors (Lipinski definition) is 4. The van der Waals surface area contributed by atoms with Crippen LogP contribution in [-0.4, -0.2) is 47.5 Å². The maximum absolute atomic E-state index is 10.3. The summed E-state index contributed by atoms with van der Waals surface area (Å²) >= 11 is 0. The van der Waals surface area contributed by atoms with Gasteiger partial charge in [-0.05, 0) is 55.6 Å². The van der Waals surface area contributed by atoms with Crippen LogP contribution >= 0.6 is 0 Å². The molecule has 0 saturated carbocycles. The molecule has 0 bridgehead atoms. The Morgan fingerprint density at radius 1 is 0.960 bits per heavy atom. The van der Waals surface area contributed by atoms with Gasteiger partial charge in [0.25, 0.3) is 0 Å². The first-order valence-corrected chi connectivity index (χ1v) is 9.03. The van der Waals surface area contributed by atoms with Crippen LogP contribution in [0.1, 0.15) is 24.8 Å². The summed E-state index contributed by atoms with van der Waals surface area (Å²) < 4.78 is 0. The van der Waals surface area contributed by atoms with Crippen molar-refractivity contribution in [2.45, 2.75) is 31.4 Å². The second kappa shape index (κ2) is 8.00. The number of aliphatic hydroxyl groups excluding tert-OH is 1. The number of aliphatic hydroxyl groups is 2. The highest BCUT2D eigenvalue weighted by atomic mass is 16.3. The maximum atomic E-state index is 10.3. The highest BCUT2D eigenvalue weighted by Crippen LogP contribution is 2.25. The first kappa shape index (κ1) is 17.9. The minimum atomic E-state index is -0.892. The van der Waals surface area contributed by atoms with E-state index in [0.29, 0.717) is 12.8 Å². The van der Waals surface area contributed by atoms with E-state index < -0.39 is 5.60 Å². The number of anilines is 2. The van der Waals surface area contributed by atoms with Gasteiger partial charge >= 0.3 is 0 Å². The van der Waals surface area contributed by atoms with E-state index >= 15 is 0 Å². The third-order valence-electron chi connectivity index (χ3n) is 5.18. The molecule has 0 spiro atoms. The van der Waals surface area contributed by atoms with Crippen LogP contribution in [0.2, 0.25) is 0 Å². The van der Waals surface area contributed by atoms with Gasteiger partial charge in [-0.2, -0.15) is 0 Å². The fourth-order valence-electron chi connectivity index (χ4n) is 3.43. The number of para-hydroxylation sites is 1. The Labute approximate surface area is 150 Å². The third kappa shape index (κ3) is 4.60. The van der Waals surface area contributed by atoms with Crippen LogP contribution in [0.5, 0.6) is 0 Å². The van der Waals surface area contributed by atoms with Crippen LogP contribution < -0.4 is 4.90 Å². The maximum Gasteiger partial charge on any atom is 0.0890 e. The molecule has 0 aliphatic carbocycles. The minimum Gasteiger partial charge on any atom is -0.393 e. The lowest BCUT2D eigenvalue weighted by molar-refractivity contribution is -0.0255. The number of benzene rings is 2. The van der Waals surface area contributed by atoms with Crippen LogP contribution in [0.25, 0.3) is 0 Å². The predicted molar refractivity (Wildman–Crippen MR) is 102 cm³/mol. The quantitative estimate of drug-likeness (QED) is 0.878. The van der Waals surface area contributed by atoms with Gasteiger partial charge in [0.15, 0.2) is 0 Å². The zero-order valence-corrected chi connectivity index (χ0v) is 14.9. The van der Waals surface area contributed by atoms with Gasteiger partial charge in [0.2, 0.25) is 0 Å². The minimum absolute atomic E-state index is 0.138. The molecule has 0 amide bonds. The summed E-state index contributed by atoms with van der Waals surface area (Å²) in [7, 11) is 2.08. The van der Waals surface area contributed by atoms with Gasteiger partial charge in [0.05, 0.1) is 12.2 Å². The summed E-state index contributed by atoms with van der Waals surface area (Å²) in [5, 5.41) is 19.6. The standard InChI is InChI=1S/C21H28N2O2/c1-22(19-6-3-2-4-7-19)20-10-8-18(9-11-20)16-23-14-5-12-21(25,17-24)13-15-23/h2-4,6-11,24-25H,5,12-17H2,1H3/t21-/m0/s1. The zero-order chi connectivity index (χ0) is 17.7. The molecule has 0 unspecified atom stereocenters. The Balaban J connectivity index is 1.61. The van der Waals surface area contributed by atoms with E-state index in [1.807, 2.05) is 18.2 Å². The fraction of sp³-hybridized carbons (Fsp3) is 0.429. The van der Waals surface area contributed by atoms with E-state index in [2.05, 4.69) is 53.2 Å². The molecular formula is C21H28N2O2. The van der Waals surface area contributed by atoms with Crippen LogP contribution in [0.3, 0.4) is 0 Å². The largest absolute Gasteiger partial charge is 0.393 e. The molecule has 2 N–H and O–H groups in total. The molecule has 4 nitrogen and oxygen atoms in total. The molecule has 1 atom stereocenters. The zero-order valence-electron chi connectivity index (χ0n) is 14.9. The van der Waals surface area contributed by atoms with Crippen LogP contribution in [0.4, 0.5) is 11.4 Å². The monoisotopic (exact) mass is 340 g/mol. The van der Waals surface area contributed by atoms with E-state index in [-0.39, 0.29) is 6.61 Å². The molecule has 2 aromatic carbocycles. The van der Waals surface area contributed by atoms with Gasteiger partial charge in [-0.25, -0.2) is 0 Å². The molecule has 1 heterocycles. The Hall–Kier alpha value is -1.88. The molecule has 1 fully saturated rings. The number of hydrogen-bond donors (Lipinski definition) is 2. The average molecular weight is 340 g/mol. The first-order chi connectivity index (χ1) is 12.1. The molecular weight excluding hydrogens is 312 g/mol. The van der Waals surface area contributed by atoms with Crippen molar-refractivity contribution >= 4 is 11.4 Å². The van der Waals surface area contributed by atoms with Crippen LogP contribution in [0, 0.1) is 0 Å². The summed E-state index contributed by atoms with van der Waals surface area (Å²) in [5.41, 5.74) is 2.72. The summed E-state index contributed by atoms with van der Waals surface area (Å²) in [5.74, 6) is 0. The Bertz CT molecular complexity index is 659. The first-order valence-electron chi connectivity index (χ1n) is 9.03. The molecule has 1 saturated heterocycles. The van der Waals surface area contributed by atoms with Gasteiger partial charge in [-0.1, -0.05) is 30.3 Å². The Morgan fingerprint density at radius 3 is 2.32 bits per heavy atom. The lowest BCUT2D eigenvalue weighted by Gasteiger charge is -2.24. The van der Waals surface area contributed by atoms with Crippen molar-refractivity contribution < 1.29 is 10.2 Å². The lowest BCUT2D eigenvalue weighted by atomic mass is 9.96.